The highest BCUT2D eigenvalue weighted by atomic mass is 16.2. The van der Waals surface area contributed by atoms with Crippen LogP contribution in [0.25, 0.3) is 0 Å². The van der Waals surface area contributed by atoms with Gasteiger partial charge in [0.1, 0.15) is 0 Å². The molecular formula is C13H24N2O. The molecule has 1 N–H and O–H groups in total. The molecule has 1 aliphatic carbocycles. The summed E-state index contributed by atoms with van der Waals surface area (Å²) >= 11 is 0. The zero-order valence-corrected chi connectivity index (χ0v) is 10.9. The molecule has 2 aliphatic rings. The monoisotopic (exact) mass is 224 g/mol. The van der Waals surface area contributed by atoms with Crippen molar-refractivity contribution in [2.45, 2.75) is 52.1 Å². The van der Waals surface area contributed by atoms with Crippen molar-refractivity contribution in [2.24, 2.45) is 11.8 Å². The molecule has 0 bridgehead atoms. The number of amides is 1. The molecule has 1 aliphatic heterocycles. The van der Waals surface area contributed by atoms with E-state index in [1.165, 1.54) is 0 Å². The summed E-state index contributed by atoms with van der Waals surface area (Å²) in [5.74, 6) is 1.31. The van der Waals surface area contributed by atoms with Gasteiger partial charge in [0.25, 0.3) is 0 Å². The van der Waals surface area contributed by atoms with Gasteiger partial charge in [-0.3, -0.25) is 4.79 Å². The molecule has 3 nitrogen and oxygen atoms in total. The third-order valence-corrected chi connectivity index (χ3v) is 3.90. The third kappa shape index (κ3) is 2.24. The minimum absolute atomic E-state index is 0.0228. The van der Waals surface area contributed by atoms with Crippen molar-refractivity contribution in [2.75, 3.05) is 13.1 Å². The molecule has 2 rings (SSSR count). The summed E-state index contributed by atoms with van der Waals surface area (Å²) in [5, 5.41) is 3.56. The molecule has 0 aromatic rings. The Kier molecular flexibility index (Phi) is 2.99. The smallest absolute Gasteiger partial charge is 0.226 e. The zero-order chi connectivity index (χ0) is 11.9. The number of nitrogens with one attached hydrogen (secondary N) is 1. The summed E-state index contributed by atoms with van der Waals surface area (Å²) in [4.78, 5) is 14.4. The second-order valence-corrected chi connectivity index (χ2v) is 6.27. The average molecular weight is 224 g/mol. The van der Waals surface area contributed by atoms with Crippen LogP contribution in [-0.2, 0) is 4.79 Å². The summed E-state index contributed by atoms with van der Waals surface area (Å²) in [6.07, 6.45) is 2.20. The lowest BCUT2D eigenvalue weighted by molar-refractivity contribution is -0.140. The van der Waals surface area contributed by atoms with Gasteiger partial charge in [-0.25, -0.2) is 0 Å². The van der Waals surface area contributed by atoms with Gasteiger partial charge in [-0.1, -0.05) is 13.8 Å². The Morgan fingerprint density at radius 1 is 1.38 bits per heavy atom. The Morgan fingerprint density at radius 2 is 2.00 bits per heavy atom. The first-order chi connectivity index (χ1) is 7.42. The Bertz CT molecular complexity index is 282. The van der Waals surface area contributed by atoms with Crippen molar-refractivity contribution in [1.82, 2.24) is 10.2 Å². The van der Waals surface area contributed by atoms with E-state index in [2.05, 4.69) is 37.9 Å². The van der Waals surface area contributed by atoms with Gasteiger partial charge in [-0.05, 0) is 32.6 Å². The molecule has 1 saturated carbocycles. The van der Waals surface area contributed by atoms with Crippen molar-refractivity contribution >= 4 is 5.91 Å². The molecule has 1 unspecified atom stereocenters. The summed E-state index contributed by atoms with van der Waals surface area (Å²) < 4.78 is 0. The van der Waals surface area contributed by atoms with E-state index >= 15 is 0 Å². The first-order valence-corrected chi connectivity index (χ1v) is 6.46. The molecular weight excluding hydrogens is 200 g/mol. The van der Waals surface area contributed by atoms with E-state index in [1.807, 2.05) is 0 Å². The summed E-state index contributed by atoms with van der Waals surface area (Å²) in [6.45, 7) is 10.5. The Balaban J connectivity index is 2.08. The molecule has 3 heteroatoms. The summed E-state index contributed by atoms with van der Waals surface area (Å²) in [6, 6.07) is 0.454. The molecule has 92 valence electrons. The minimum Gasteiger partial charge on any atom is -0.334 e. The molecule has 16 heavy (non-hydrogen) atoms. The predicted molar refractivity (Wildman–Crippen MR) is 65.1 cm³/mol. The van der Waals surface area contributed by atoms with Gasteiger partial charge in [0.2, 0.25) is 5.91 Å². The highest BCUT2D eigenvalue weighted by Gasteiger charge is 2.42. The van der Waals surface area contributed by atoms with Gasteiger partial charge in [-0.2, -0.15) is 0 Å². The van der Waals surface area contributed by atoms with Gasteiger partial charge < -0.3 is 10.2 Å². The summed E-state index contributed by atoms with van der Waals surface area (Å²) in [7, 11) is 0. The maximum Gasteiger partial charge on any atom is 0.226 e. The number of nitrogens with zero attached hydrogens (tertiary/aromatic N) is 1. The Morgan fingerprint density at radius 3 is 2.50 bits per heavy atom. The van der Waals surface area contributed by atoms with Crippen LogP contribution in [0.15, 0.2) is 0 Å². The van der Waals surface area contributed by atoms with Crippen LogP contribution < -0.4 is 5.32 Å². The number of carbonyl (C=O) groups is 1. The first-order valence-electron chi connectivity index (χ1n) is 6.46. The molecule has 0 spiro atoms. The molecule has 1 atom stereocenters. The third-order valence-electron chi connectivity index (χ3n) is 3.90. The highest BCUT2D eigenvalue weighted by Crippen LogP contribution is 2.34. The van der Waals surface area contributed by atoms with E-state index in [0.717, 1.165) is 25.9 Å². The van der Waals surface area contributed by atoms with E-state index < -0.39 is 0 Å². The van der Waals surface area contributed by atoms with Gasteiger partial charge in [0.15, 0.2) is 0 Å². The molecule has 0 aromatic heterocycles. The van der Waals surface area contributed by atoms with Gasteiger partial charge in [-0.15, -0.1) is 0 Å². The average Bonchev–Trinajstić information content (AvgIpc) is 2.98. The van der Waals surface area contributed by atoms with Crippen molar-refractivity contribution in [3.05, 3.63) is 0 Å². The number of carbonyl (C=O) groups excluding carboxylic acids is 1. The second kappa shape index (κ2) is 4.02. The molecule has 1 saturated heterocycles. The fraction of sp³-hybridized carbons (Fsp3) is 0.923. The molecule has 1 heterocycles. The van der Waals surface area contributed by atoms with Crippen molar-refractivity contribution in [3.8, 4) is 0 Å². The van der Waals surface area contributed by atoms with Crippen LogP contribution in [0.3, 0.4) is 0 Å². The molecule has 0 aromatic carbocycles. The van der Waals surface area contributed by atoms with Crippen LogP contribution in [0.4, 0.5) is 0 Å². The lowest BCUT2D eigenvalue weighted by Crippen LogP contribution is -2.64. The maximum atomic E-state index is 12.2. The van der Waals surface area contributed by atoms with Gasteiger partial charge >= 0.3 is 0 Å². The van der Waals surface area contributed by atoms with E-state index in [1.54, 1.807) is 0 Å². The molecule has 1 amide bonds. The van der Waals surface area contributed by atoms with Crippen molar-refractivity contribution < 1.29 is 4.79 Å². The zero-order valence-electron chi connectivity index (χ0n) is 10.9. The molecule has 0 radical (unpaired) electrons. The lowest BCUT2D eigenvalue weighted by Gasteiger charge is -2.47. The molecule has 2 fully saturated rings. The van der Waals surface area contributed by atoms with E-state index in [4.69, 9.17) is 0 Å². The SMILES string of the molecule is CC(C)C1CN(C(=O)C2CC2)C(C)(C)CN1. The van der Waals surface area contributed by atoms with Gasteiger partial charge in [0.05, 0.1) is 0 Å². The van der Waals surface area contributed by atoms with E-state index in [9.17, 15) is 4.79 Å². The standard InChI is InChI=1S/C13H24N2O/c1-9(2)11-7-15(12(16)10-5-6-10)13(3,4)8-14-11/h9-11,14H,5-8H2,1-4H3. The number of hydrogen-bond acceptors (Lipinski definition) is 2. The van der Waals surface area contributed by atoms with Crippen molar-refractivity contribution in [1.29, 1.82) is 0 Å². The van der Waals surface area contributed by atoms with Crippen LogP contribution in [-0.4, -0.2) is 35.5 Å². The Labute approximate surface area is 98.6 Å². The second-order valence-electron chi connectivity index (χ2n) is 6.27. The number of hydrogen-bond donors (Lipinski definition) is 1. The Hall–Kier alpha value is -0.570. The predicted octanol–water partition coefficient (Wildman–Crippen LogP) is 1.63. The number of rotatable bonds is 2. The topological polar surface area (TPSA) is 32.3 Å². The van der Waals surface area contributed by atoms with Crippen LogP contribution in [0.2, 0.25) is 0 Å². The summed E-state index contributed by atoms with van der Waals surface area (Å²) in [5.41, 5.74) is -0.0228. The van der Waals surface area contributed by atoms with E-state index in [0.29, 0.717) is 23.8 Å². The van der Waals surface area contributed by atoms with Crippen LogP contribution in [0.1, 0.15) is 40.5 Å². The van der Waals surface area contributed by atoms with Gasteiger partial charge in [0, 0.05) is 30.6 Å². The highest BCUT2D eigenvalue weighted by molar-refractivity contribution is 5.82. The van der Waals surface area contributed by atoms with Crippen LogP contribution >= 0.6 is 0 Å². The fourth-order valence-corrected chi connectivity index (χ4v) is 2.37. The minimum atomic E-state index is -0.0228. The lowest BCUT2D eigenvalue weighted by atomic mass is 9.92. The van der Waals surface area contributed by atoms with Crippen LogP contribution in [0.5, 0.6) is 0 Å². The quantitative estimate of drug-likeness (QED) is 0.773. The fourth-order valence-electron chi connectivity index (χ4n) is 2.37. The normalized spacial score (nSPS) is 29.6. The van der Waals surface area contributed by atoms with Crippen LogP contribution in [0, 0.1) is 11.8 Å². The first kappa shape index (κ1) is 11.9. The van der Waals surface area contributed by atoms with Crippen molar-refractivity contribution in [3.63, 3.8) is 0 Å². The number of piperazine rings is 1. The van der Waals surface area contributed by atoms with E-state index in [-0.39, 0.29) is 5.54 Å². The maximum absolute atomic E-state index is 12.2. The largest absolute Gasteiger partial charge is 0.334 e.